The zero-order chi connectivity index (χ0) is 16.6. The number of piperidine rings is 2. The lowest BCUT2D eigenvalue weighted by atomic mass is 9.71. The smallest absolute Gasteiger partial charge is 0.355 e. The summed E-state index contributed by atoms with van der Waals surface area (Å²) in [6, 6.07) is 0. The van der Waals surface area contributed by atoms with Crippen LogP contribution in [0.15, 0.2) is 5.38 Å². The molecule has 1 spiro atoms. The van der Waals surface area contributed by atoms with E-state index < -0.39 is 5.97 Å². The number of carboxylic acids is 1. The highest BCUT2D eigenvalue weighted by Gasteiger charge is 2.48. The van der Waals surface area contributed by atoms with Crippen molar-refractivity contribution in [3.05, 3.63) is 11.1 Å². The van der Waals surface area contributed by atoms with Crippen LogP contribution in [0.25, 0.3) is 0 Å². The van der Waals surface area contributed by atoms with Crippen molar-refractivity contribution in [2.45, 2.75) is 25.4 Å². The number of carbonyl (C=O) groups is 2. The molecule has 0 radical (unpaired) electrons. The Balaban J connectivity index is 1.71. The minimum absolute atomic E-state index is 0.0817. The molecule has 2 aliphatic rings. The molecule has 0 saturated carbocycles. The van der Waals surface area contributed by atoms with Crippen molar-refractivity contribution in [2.24, 2.45) is 5.41 Å². The van der Waals surface area contributed by atoms with E-state index in [4.69, 9.17) is 9.84 Å². The van der Waals surface area contributed by atoms with Gasteiger partial charge in [-0.15, -0.1) is 11.3 Å². The van der Waals surface area contributed by atoms with Crippen molar-refractivity contribution >= 4 is 28.3 Å². The summed E-state index contributed by atoms with van der Waals surface area (Å²) in [7, 11) is 3.53. The highest BCUT2D eigenvalue weighted by Crippen LogP contribution is 2.42. The van der Waals surface area contributed by atoms with Crippen LogP contribution in [0.3, 0.4) is 0 Å². The van der Waals surface area contributed by atoms with E-state index in [-0.39, 0.29) is 23.1 Å². The molecule has 1 aromatic rings. The molecular weight excluding hydrogens is 318 g/mol. The highest BCUT2D eigenvalue weighted by molar-refractivity contribution is 7.13. The van der Waals surface area contributed by atoms with Gasteiger partial charge in [0.05, 0.1) is 11.5 Å². The van der Waals surface area contributed by atoms with Gasteiger partial charge in [-0.3, -0.25) is 4.79 Å². The number of rotatable bonds is 3. The van der Waals surface area contributed by atoms with Gasteiger partial charge in [-0.05, 0) is 19.3 Å². The van der Waals surface area contributed by atoms with Crippen LogP contribution in [-0.4, -0.2) is 66.8 Å². The van der Waals surface area contributed by atoms with Crippen LogP contribution in [0.5, 0.6) is 0 Å². The Hall–Kier alpha value is -1.67. The van der Waals surface area contributed by atoms with E-state index in [2.05, 4.69) is 9.88 Å². The lowest BCUT2D eigenvalue weighted by Crippen LogP contribution is -2.56. The molecule has 2 fully saturated rings. The van der Waals surface area contributed by atoms with Crippen LogP contribution >= 0.6 is 11.3 Å². The summed E-state index contributed by atoms with van der Waals surface area (Å²) in [5.41, 5.74) is -0.268. The van der Waals surface area contributed by atoms with Crippen molar-refractivity contribution in [3.63, 3.8) is 0 Å². The van der Waals surface area contributed by atoms with Gasteiger partial charge in [-0.25, -0.2) is 9.78 Å². The number of thiazole rings is 1. The Morgan fingerprint density at radius 1 is 1.48 bits per heavy atom. The Kier molecular flexibility index (Phi) is 4.29. The van der Waals surface area contributed by atoms with Gasteiger partial charge in [-0.1, -0.05) is 0 Å². The first-order valence-corrected chi connectivity index (χ1v) is 8.55. The highest BCUT2D eigenvalue weighted by atomic mass is 32.1. The third kappa shape index (κ3) is 2.92. The fourth-order valence-electron chi connectivity index (χ4n) is 3.59. The van der Waals surface area contributed by atoms with Gasteiger partial charge in [0.1, 0.15) is 0 Å². The van der Waals surface area contributed by atoms with Gasteiger partial charge >= 0.3 is 5.97 Å². The van der Waals surface area contributed by atoms with Crippen LogP contribution in [0.1, 0.15) is 29.8 Å². The van der Waals surface area contributed by atoms with Crippen molar-refractivity contribution in [3.8, 4) is 0 Å². The monoisotopic (exact) mass is 339 g/mol. The second-order valence-corrected chi connectivity index (χ2v) is 7.17. The summed E-state index contributed by atoms with van der Waals surface area (Å²) in [5.74, 6) is -0.802. The maximum absolute atomic E-state index is 12.7. The molecular formula is C15H21N3O4S. The van der Waals surface area contributed by atoms with Gasteiger partial charge in [0.25, 0.3) is 0 Å². The predicted octanol–water partition coefficient (Wildman–Crippen LogP) is 1.31. The van der Waals surface area contributed by atoms with Gasteiger partial charge in [0.15, 0.2) is 10.8 Å². The molecule has 0 bridgehead atoms. The molecule has 8 heteroatoms. The number of aromatic carboxylic acids is 1. The Labute approximate surface area is 138 Å². The fraction of sp³-hybridized carbons (Fsp3) is 0.667. The molecule has 126 valence electrons. The lowest BCUT2D eigenvalue weighted by molar-refractivity contribution is -0.153. The van der Waals surface area contributed by atoms with E-state index in [0.29, 0.717) is 19.6 Å². The number of aromatic nitrogens is 1. The average molecular weight is 339 g/mol. The van der Waals surface area contributed by atoms with Crippen molar-refractivity contribution in [1.29, 1.82) is 0 Å². The fourth-order valence-corrected chi connectivity index (χ4v) is 4.44. The van der Waals surface area contributed by atoms with E-state index in [1.807, 2.05) is 7.05 Å². The molecule has 3 rings (SSSR count). The number of amides is 1. The second kappa shape index (κ2) is 6.09. The Morgan fingerprint density at radius 3 is 2.74 bits per heavy atom. The van der Waals surface area contributed by atoms with Gasteiger partial charge in [-0.2, -0.15) is 0 Å². The first-order valence-electron chi connectivity index (χ1n) is 7.67. The summed E-state index contributed by atoms with van der Waals surface area (Å²) < 4.78 is 5.50. The zero-order valence-corrected chi connectivity index (χ0v) is 14.1. The molecule has 2 saturated heterocycles. The molecule has 2 aliphatic heterocycles. The third-order valence-corrected chi connectivity index (χ3v) is 5.83. The maximum Gasteiger partial charge on any atom is 0.355 e. The largest absolute Gasteiger partial charge is 0.476 e. The number of ether oxygens (including phenoxy) is 1. The summed E-state index contributed by atoms with van der Waals surface area (Å²) in [6.45, 7) is 2.07. The molecule has 1 amide bonds. The van der Waals surface area contributed by atoms with Gasteiger partial charge < -0.3 is 19.6 Å². The molecule has 1 atom stereocenters. The third-order valence-electron chi connectivity index (χ3n) is 4.93. The second-order valence-electron chi connectivity index (χ2n) is 6.34. The average Bonchev–Trinajstić information content (AvgIpc) is 3.03. The van der Waals surface area contributed by atoms with E-state index in [1.54, 1.807) is 17.4 Å². The quantitative estimate of drug-likeness (QED) is 0.894. The Bertz CT molecular complexity index is 610. The Morgan fingerprint density at radius 2 is 2.17 bits per heavy atom. The zero-order valence-electron chi connectivity index (χ0n) is 13.3. The molecule has 3 heterocycles. The summed E-state index contributed by atoms with van der Waals surface area (Å²) in [5, 5.41) is 11.3. The molecule has 23 heavy (non-hydrogen) atoms. The summed E-state index contributed by atoms with van der Waals surface area (Å²) in [6.07, 6.45) is 2.34. The van der Waals surface area contributed by atoms with Crippen LogP contribution in [-0.2, 0) is 9.53 Å². The van der Waals surface area contributed by atoms with Crippen LogP contribution in [0, 0.1) is 5.41 Å². The van der Waals surface area contributed by atoms with Gasteiger partial charge in [0.2, 0.25) is 5.91 Å². The first kappa shape index (κ1) is 16.2. The van der Waals surface area contributed by atoms with Crippen LogP contribution < -0.4 is 4.90 Å². The normalized spacial score (nSPS) is 24.3. The molecule has 1 aromatic heterocycles. The molecule has 0 aromatic carbocycles. The number of likely N-dealkylation sites (tertiary alicyclic amines) is 1. The minimum Gasteiger partial charge on any atom is -0.476 e. The number of hydrogen-bond donors (Lipinski definition) is 1. The standard InChI is InChI=1S/C15H21N3O4S/c1-17-8-10(22-2)7-15(13(17)21)3-5-18(6-4-15)14-16-11(9-23-14)12(19)20/h9-10H,3-8H2,1-2H3,(H,19,20). The number of hydrogen-bond acceptors (Lipinski definition) is 6. The van der Waals surface area contributed by atoms with Crippen LogP contribution in [0.4, 0.5) is 5.13 Å². The maximum atomic E-state index is 12.7. The summed E-state index contributed by atoms with van der Waals surface area (Å²) in [4.78, 5) is 31.6. The number of anilines is 1. The van der Waals surface area contributed by atoms with Crippen molar-refractivity contribution in [1.82, 2.24) is 9.88 Å². The predicted molar refractivity (Wildman–Crippen MR) is 86.0 cm³/mol. The first-order chi connectivity index (χ1) is 10.9. The molecule has 0 aliphatic carbocycles. The van der Waals surface area contributed by atoms with Crippen LogP contribution in [0.2, 0.25) is 0 Å². The lowest BCUT2D eigenvalue weighted by Gasteiger charge is -2.47. The number of likely N-dealkylation sites (N-methyl/N-ethyl adjacent to an activating group) is 1. The van der Waals surface area contributed by atoms with E-state index >= 15 is 0 Å². The van der Waals surface area contributed by atoms with E-state index in [1.165, 1.54) is 11.3 Å². The van der Waals surface area contributed by atoms with Crippen molar-refractivity contribution in [2.75, 3.05) is 38.7 Å². The summed E-state index contributed by atoms with van der Waals surface area (Å²) >= 11 is 1.34. The number of carbonyl (C=O) groups excluding carboxylic acids is 1. The minimum atomic E-state index is -1.01. The topological polar surface area (TPSA) is 83.0 Å². The number of methoxy groups -OCH3 is 1. The van der Waals surface area contributed by atoms with E-state index in [0.717, 1.165) is 24.4 Å². The number of nitrogens with zero attached hydrogens (tertiary/aromatic N) is 3. The van der Waals surface area contributed by atoms with E-state index in [9.17, 15) is 9.59 Å². The SMILES string of the molecule is COC1CN(C)C(=O)C2(CCN(c3nc(C(=O)O)cs3)CC2)C1. The van der Waals surface area contributed by atoms with Crippen molar-refractivity contribution < 1.29 is 19.4 Å². The molecule has 7 nitrogen and oxygen atoms in total. The van der Waals surface area contributed by atoms with Gasteiger partial charge in [0, 0.05) is 39.2 Å². The molecule has 1 N–H and O–H groups in total. The molecule has 1 unspecified atom stereocenters. The number of carboxylic acid groups (broad SMARTS) is 1.